The second kappa shape index (κ2) is 7.21. The van der Waals surface area contributed by atoms with E-state index >= 15 is 0 Å². The third-order valence-electron chi connectivity index (χ3n) is 7.46. The van der Waals surface area contributed by atoms with E-state index in [0.717, 1.165) is 37.6 Å². The zero-order chi connectivity index (χ0) is 20.0. The molecule has 2 aromatic rings. The monoisotopic (exact) mass is 393 g/mol. The molecule has 0 amide bonds. The van der Waals surface area contributed by atoms with Gasteiger partial charge in [-0.05, 0) is 37.7 Å². The number of ether oxygens (including phenoxy) is 1. The van der Waals surface area contributed by atoms with Crippen LogP contribution in [-0.2, 0) is 11.2 Å². The number of benzene rings is 1. The largest absolute Gasteiger partial charge is 0.375 e. The molecule has 0 radical (unpaired) electrons. The summed E-state index contributed by atoms with van der Waals surface area (Å²) in [5.41, 5.74) is 2.50. The van der Waals surface area contributed by atoms with Gasteiger partial charge in [-0.25, -0.2) is 0 Å². The smallest absolute Gasteiger partial charge is 0.251 e. The van der Waals surface area contributed by atoms with Gasteiger partial charge in [0.05, 0.1) is 18.2 Å². The topological polar surface area (TPSA) is 48.6 Å². The average molecular weight is 394 g/mol. The summed E-state index contributed by atoms with van der Waals surface area (Å²) in [5, 5.41) is 0. The SMILES string of the molecule is C[C@@H]1CN(c2cc(N3C[C@H]4CC[C@H](C)[C@]43Cc3ccccc3)[nH]c(=O)c2)CCO1. The molecule has 1 N–H and O–H groups in total. The van der Waals surface area contributed by atoms with Crippen molar-refractivity contribution in [2.75, 3.05) is 36.0 Å². The number of aromatic amines is 1. The molecule has 3 aliphatic rings. The second-order valence-electron chi connectivity index (χ2n) is 9.15. The van der Waals surface area contributed by atoms with Gasteiger partial charge in [-0.3, -0.25) is 4.79 Å². The Morgan fingerprint density at radius 2 is 1.97 bits per heavy atom. The number of H-pyrrole nitrogens is 1. The minimum absolute atomic E-state index is 0.0133. The van der Waals surface area contributed by atoms with Crippen molar-refractivity contribution in [1.82, 2.24) is 4.98 Å². The van der Waals surface area contributed by atoms with E-state index in [4.69, 9.17) is 4.74 Å². The van der Waals surface area contributed by atoms with Crippen molar-refractivity contribution in [3.05, 3.63) is 58.4 Å². The fraction of sp³-hybridized carbons (Fsp3) is 0.542. The van der Waals surface area contributed by atoms with Crippen LogP contribution >= 0.6 is 0 Å². The zero-order valence-electron chi connectivity index (χ0n) is 17.4. The summed E-state index contributed by atoms with van der Waals surface area (Å²) in [7, 11) is 0. The molecular weight excluding hydrogens is 362 g/mol. The van der Waals surface area contributed by atoms with Crippen molar-refractivity contribution >= 4 is 11.5 Å². The first-order valence-electron chi connectivity index (χ1n) is 11.0. The number of aromatic nitrogens is 1. The van der Waals surface area contributed by atoms with E-state index in [2.05, 4.69) is 65.0 Å². The number of rotatable bonds is 4. The molecule has 0 bridgehead atoms. The van der Waals surface area contributed by atoms with Gasteiger partial charge in [0.1, 0.15) is 5.82 Å². The summed E-state index contributed by atoms with van der Waals surface area (Å²) >= 11 is 0. The third-order valence-corrected chi connectivity index (χ3v) is 7.46. The van der Waals surface area contributed by atoms with Crippen molar-refractivity contribution < 1.29 is 4.74 Å². The molecule has 5 nitrogen and oxygen atoms in total. The van der Waals surface area contributed by atoms with Crippen molar-refractivity contribution in [2.24, 2.45) is 11.8 Å². The first-order valence-corrected chi connectivity index (χ1v) is 11.0. The summed E-state index contributed by atoms with van der Waals surface area (Å²) in [6.07, 6.45) is 3.79. The number of hydrogen-bond acceptors (Lipinski definition) is 4. The molecule has 1 aromatic carbocycles. The molecule has 29 heavy (non-hydrogen) atoms. The van der Waals surface area contributed by atoms with Crippen LogP contribution in [0.1, 0.15) is 32.3 Å². The molecule has 0 unspecified atom stereocenters. The lowest BCUT2D eigenvalue weighted by Crippen LogP contribution is -2.69. The van der Waals surface area contributed by atoms with Crippen LogP contribution in [0, 0.1) is 11.8 Å². The number of hydrogen-bond donors (Lipinski definition) is 1. The van der Waals surface area contributed by atoms with E-state index in [9.17, 15) is 4.79 Å². The van der Waals surface area contributed by atoms with Crippen LogP contribution in [0.4, 0.5) is 11.5 Å². The molecule has 1 saturated carbocycles. The van der Waals surface area contributed by atoms with E-state index < -0.39 is 0 Å². The average Bonchev–Trinajstić information content (AvgIpc) is 2.93. The van der Waals surface area contributed by atoms with Crippen LogP contribution in [0.2, 0.25) is 0 Å². The van der Waals surface area contributed by atoms with Gasteiger partial charge in [0.25, 0.3) is 5.56 Å². The molecule has 5 rings (SSSR count). The normalized spacial score (nSPS) is 31.4. The Balaban J connectivity index is 1.49. The molecule has 0 spiro atoms. The summed E-state index contributed by atoms with van der Waals surface area (Å²) in [4.78, 5) is 20.5. The number of pyridine rings is 1. The number of anilines is 2. The van der Waals surface area contributed by atoms with Crippen LogP contribution in [0.15, 0.2) is 47.3 Å². The van der Waals surface area contributed by atoms with E-state index in [1.165, 1.54) is 18.4 Å². The highest BCUT2D eigenvalue weighted by atomic mass is 16.5. The molecule has 154 valence electrons. The van der Waals surface area contributed by atoms with Gasteiger partial charge < -0.3 is 19.5 Å². The van der Waals surface area contributed by atoms with Crippen LogP contribution in [0.25, 0.3) is 0 Å². The van der Waals surface area contributed by atoms with E-state index in [-0.39, 0.29) is 17.2 Å². The van der Waals surface area contributed by atoms with E-state index in [0.29, 0.717) is 18.4 Å². The van der Waals surface area contributed by atoms with Crippen LogP contribution in [0.3, 0.4) is 0 Å². The standard InChI is InChI=1S/C24H31N3O2/c1-17-8-9-20-16-27(24(17,20)14-19-6-4-3-5-7-19)22-12-21(13-23(28)25-22)26-10-11-29-18(2)15-26/h3-7,12-13,17-18,20H,8-11,14-16H2,1-2H3,(H,25,28)/t17-,18+,20+,24+/m0/s1. The van der Waals surface area contributed by atoms with Crippen molar-refractivity contribution in [2.45, 2.75) is 44.8 Å². The minimum Gasteiger partial charge on any atom is -0.375 e. The maximum atomic E-state index is 12.6. The fourth-order valence-electron chi connectivity index (χ4n) is 5.92. The van der Waals surface area contributed by atoms with Crippen LogP contribution in [-0.4, -0.2) is 42.9 Å². The maximum Gasteiger partial charge on any atom is 0.251 e. The van der Waals surface area contributed by atoms with E-state index in [1.54, 1.807) is 6.07 Å². The summed E-state index contributed by atoms with van der Waals surface area (Å²) < 4.78 is 5.69. The van der Waals surface area contributed by atoms with Crippen LogP contribution in [0.5, 0.6) is 0 Å². The van der Waals surface area contributed by atoms with Gasteiger partial charge in [0.15, 0.2) is 0 Å². The highest BCUT2D eigenvalue weighted by Gasteiger charge is 2.59. The lowest BCUT2D eigenvalue weighted by atomic mass is 9.68. The Kier molecular flexibility index (Phi) is 4.66. The van der Waals surface area contributed by atoms with E-state index in [1.807, 2.05) is 0 Å². The van der Waals surface area contributed by atoms with Gasteiger partial charge in [-0.2, -0.15) is 0 Å². The maximum absolute atomic E-state index is 12.6. The zero-order valence-corrected chi connectivity index (χ0v) is 17.4. The van der Waals surface area contributed by atoms with Crippen molar-refractivity contribution in [1.29, 1.82) is 0 Å². The quantitative estimate of drug-likeness (QED) is 0.864. The number of nitrogens with one attached hydrogen (secondary N) is 1. The molecule has 3 fully saturated rings. The fourth-order valence-corrected chi connectivity index (χ4v) is 5.92. The Bertz CT molecular complexity index is 919. The number of fused-ring (bicyclic) bond motifs is 1. The summed E-state index contributed by atoms with van der Waals surface area (Å²) in [5.74, 6) is 2.29. The molecule has 3 heterocycles. The Morgan fingerprint density at radius 1 is 1.14 bits per heavy atom. The molecule has 5 heteroatoms. The van der Waals surface area contributed by atoms with Gasteiger partial charge in [0, 0.05) is 43.4 Å². The number of nitrogens with zero attached hydrogens (tertiary/aromatic N) is 2. The lowest BCUT2D eigenvalue weighted by Gasteiger charge is -2.59. The predicted octanol–water partition coefficient (Wildman–Crippen LogP) is 3.45. The van der Waals surface area contributed by atoms with Gasteiger partial charge in [-0.15, -0.1) is 0 Å². The first-order chi connectivity index (χ1) is 14.1. The second-order valence-corrected chi connectivity index (χ2v) is 9.15. The molecule has 2 saturated heterocycles. The Hall–Kier alpha value is -2.27. The van der Waals surface area contributed by atoms with Gasteiger partial charge >= 0.3 is 0 Å². The highest BCUT2D eigenvalue weighted by Crippen LogP contribution is 2.55. The summed E-state index contributed by atoms with van der Waals surface area (Å²) in [6.45, 7) is 7.90. The first kappa shape index (κ1) is 18.7. The highest BCUT2D eigenvalue weighted by molar-refractivity contribution is 5.59. The Labute approximate surface area is 172 Å². The van der Waals surface area contributed by atoms with Crippen LogP contribution < -0.4 is 15.4 Å². The molecule has 1 aromatic heterocycles. The molecule has 4 atom stereocenters. The van der Waals surface area contributed by atoms with Crippen molar-refractivity contribution in [3.8, 4) is 0 Å². The number of morpholine rings is 1. The molecular formula is C24H31N3O2. The predicted molar refractivity (Wildman–Crippen MR) is 117 cm³/mol. The third kappa shape index (κ3) is 3.16. The summed E-state index contributed by atoms with van der Waals surface area (Å²) in [6, 6.07) is 14.7. The molecule has 2 aliphatic heterocycles. The van der Waals surface area contributed by atoms with Crippen molar-refractivity contribution in [3.63, 3.8) is 0 Å². The Morgan fingerprint density at radius 3 is 2.72 bits per heavy atom. The lowest BCUT2D eigenvalue weighted by molar-refractivity contribution is 0.0532. The van der Waals surface area contributed by atoms with Gasteiger partial charge in [0.2, 0.25) is 0 Å². The molecule has 1 aliphatic carbocycles. The van der Waals surface area contributed by atoms with Gasteiger partial charge in [-0.1, -0.05) is 37.3 Å². The minimum atomic E-state index is -0.0133.